The van der Waals surface area contributed by atoms with Gasteiger partial charge >= 0.3 is 0 Å². The fourth-order valence-corrected chi connectivity index (χ4v) is 3.85. The molecule has 1 fully saturated rings. The summed E-state index contributed by atoms with van der Waals surface area (Å²) in [5.74, 6) is -3.67. The van der Waals surface area contributed by atoms with Crippen molar-refractivity contribution in [2.45, 2.75) is 64.4 Å². The third-order valence-electron chi connectivity index (χ3n) is 5.55. The molecule has 192 valence electrons. The number of carbonyl (C=O) groups excluding carboxylic acids is 5. The molecule has 35 heavy (non-hydrogen) atoms. The maximum Gasteiger partial charge on any atom is 0.254 e. The molecule has 5 N–H and O–H groups in total. The van der Waals surface area contributed by atoms with Gasteiger partial charge in [0.05, 0.1) is 11.6 Å². The van der Waals surface area contributed by atoms with Gasteiger partial charge in [-0.15, -0.1) is 0 Å². The number of anilines is 1. The summed E-state index contributed by atoms with van der Waals surface area (Å²) >= 11 is 0. The normalized spacial score (nSPS) is 17.1. The van der Waals surface area contributed by atoms with Crippen LogP contribution in [0.3, 0.4) is 0 Å². The number of carbonyl (C=O) groups is 5. The Morgan fingerprint density at radius 2 is 1.89 bits per heavy atom. The van der Waals surface area contributed by atoms with Gasteiger partial charge < -0.3 is 35.9 Å². The number of benzene rings is 1. The number of halogens is 1. The average molecular weight is 495 g/mol. The number of hydrogen-bond donors (Lipinski definition) is 5. The van der Waals surface area contributed by atoms with Crippen molar-refractivity contribution in [1.29, 1.82) is 0 Å². The maximum atomic E-state index is 14.5. The highest BCUT2D eigenvalue weighted by Crippen LogP contribution is 2.22. The lowest BCUT2D eigenvalue weighted by atomic mass is 10.0. The van der Waals surface area contributed by atoms with Crippen LogP contribution in [0.5, 0.6) is 0 Å². The summed E-state index contributed by atoms with van der Waals surface area (Å²) in [5, 5.41) is 25.5. The van der Waals surface area contributed by atoms with Crippen molar-refractivity contribution in [3.05, 3.63) is 29.6 Å². The van der Waals surface area contributed by atoms with Gasteiger partial charge in [-0.2, -0.15) is 0 Å². The number of aliphatic hydroxyl groups is 2. The van der Waals surface area contributed by atoms with Crippen molar-refractivity contribution < 1.29 is 38.6 Å². The van der Waals surface area contributed by atoms with Gasteiger partial charge in [0.15, 0.2) is 6.29 Å². The largest absolute Gasteiger partial charge is 0.368 e. The van der Waals surface area contributed by atoms with Gasteiger partial charge in [-0.05, 0) is 37.0 Å². The Bertz CT molecular complexity index is 969. The molecule has 0 saturated carbocycles. The van der Waals surface area contributed by atoms with E-state index >= 15 is 0 Å². The molecule has 0 aromatic heterocycles. The first-order valence-corrected chi connectivity index (χ1v) is 11.2. The Labute approximate surface area is 202 Å². The van der Waals surface area contributed by atoms with Gasteiger partial charge in [-0.3, -0.25) is 19.2 Å². The lowest BCUT2D eigenvalue weighted by Crippen LogP contribution is -2.56. The Balaban J connectivity index is 2.15. The van der Waals surface area contributed by atoms with Gasteiger partial charge in [-0.1, -0.05) is 13.8 Å². The highest BCUT2D eigenvalue weighted by Gasteiger charge is 2.39. The second kappa shape index (κ2) is 12.4. The summed E-state index contributed by atoms with van der Waals surface area (Å²) in [6, 6.07) is 0.442. The Kier molecular flexibility index (Phi) is 9.84. The molecule has 0 bridgehead atoms. The number of hydrogen-bond acceptors (Lipinski definition) is 7. The van der Waals surface area contributed by atoms with E-state index < -0.39 is 66.2 Å². The molecule has 1 saturated heterocycles. The summed E-state index contributed by atoms with van der Waals surface area (Å²) in [4.78, 5) is 62.4. The van der Waals surface area contributed by atoms with Crippen LogP contribution in [-0.2, 0) is 19.2 Å². The zero-order valence-corrected chi connectivity index (χ0v) is 19.8. The number of likely N-dealkylation sites (tertiary alicyclic amines) is 1. The number of nitrogens with one attached hydrogen (secondary N) is 3. The molecule has 0 aliphatic carbocycles. The molecule has 1 aromatic carbocycles. The van der Waals surface area contributed by atoms with E-state index in [1.807, 2.05) is 0 Å². The molecule has 0 radical (unpaired) electrons. The highest BCUT2D eigenvalue weighted by molar-refractivity contribution is 5.99. The van der Waals surface area contributed by atoms with Gasteiger partial charge in [-0.25, -0.2) is 4.39 Å². The Hall–Kier alpha value is -3.38. The third kappa shape index (κ3) is 7.55. The Morgan fingerprint density at radius 3 is 2.43 bits per heavy atom. The number of nitrogens with zero attached hydrogens (tertiary/aromatic N) is 1. The lowest BCUT2D eigenvalue weighted by Gasteiger charge is -2.31. The molecule has 1 aliphatic heterocycles. The van der Waals surface area contributed by atoms with E-state index in [0.29, 0.717) is 19.1 Å². The van der Waals surface area contributed by atoms with E-state index in [4.69, 9.17) is 10.2 Å². The third-order valence-corrected chi connectivity index (χ3v) is 5.55. The van der Waals surface area contributed by atoms with Crippen molar-refractivity contribution in [2.75, 3.05) is 11.9 Å². The second-order valence-electron chi connectivity index (χ2n) is 8.73. The van der Waals surface area contributed by atoms with Crippen LogP contribution in [0.25, 0.3) is 0 Å². The molecule has 11 nitrogen and oxygen atoms in total. The van der Waals surface area contributed by atoms with E-state index in [1.54, 1.807) is 13.8 Å². The lowest BCUT2D eigenvalue weighted by molar-refractivity contribution is -0.141. The SMILES string of the molecule is CC(=O)Nc1ccc(C(=O)N[C@H](C(=O)N2CCC[C@H]2C(=O)N[C@H](C=O)CC(O)O)C(C)C)c(F)c1. The summed E-state index contributed by atoms with van der Waals surface area (Å²) in [6.07, 6.45) is -0.979. The molecule has 3 atom stereocenters. The minimum atomic E-state index is -1.79. The van der Waals surface area contributed by atoms with E-state index in [-0.39, 0.29) is 17.8 Å². The van der Waals surface area contributed by atoms with Gasteiger partial charge in [0, 0.05) is 25.6 Å². The van der Waals surface area contributed by atoms with Gasteiger partial charge in [0.2, 0.25) is 17.7 Å². The van der Waals surface area contributed by atoms with Crippen LogP contribution < -0.4 is 16.0 Å². The fourth-order valence-electron chi connectivity index (χ4n) is 3.85. The zero-order valence-electron chi connectivity index (χ0n) is 19.8. The molecule has 0 unspecified atom stereocenters. The smallest absolute Gasteiger partial charge is 0.254 e. The molecular formula is C23H31FN4O7. The van der Waals surface area contributed by atoms with Crippen molar-refractivity contribution in [3.63, 3.8) is 0 Å². The second-order valence-corrected chi connectivity index (χ2v) is 8.73. The van der Waals surface area contributed by atoms with Crippen molar-refractivity contribution in [3.8, 4) is 0 Å². The summed E-state index contributed by atoms with van der Waals surface area (Å²) in [5.41, 5.74) is -0.138. The molecule has 12 heteroatoms. The van der Waals surface area contributed by atoms with Crippen LogP contribution in [0.1, 0.15) is 50.4 Å². The van der Waals surface area contributed by atoms with E-state index in [1.165, 1.54) is 24.0 Å². The van der Waals surface area contributed by atoms with Crippen LogP contribution >= 0.6 is 0 Å². The quantitative estimate of drug-likeness (QED) is 0.224. The minimum absolute atomic E-state index is 0.177. The van der Waals surface area contributed by atoms with Crippen LogP contribution in [0, 0.1) is 11.7 Å². The average Bonchev–Trinajstić information content (AvgIpc) is 3.25. The molecule has 0 spiro atoms. The van der Waals surface area contributed by atoms with Crippen LogP contribution in [0.15, 0.2) is 18.2 Å². The van der Waals surface area contributed by atoms with Crippen molar-refractivity contribution in [1.82, 2.24) is 15.5 Å². The van der Waals surface area contributed by atoms with E-state index in [9.17, 15) is 28.4 Å². The molecule has 1 heterocycles. The van der Waals surface area contributed by atoms with Crippen molar-refractivity contribution >= 4 is 35.6 Å². The van der Waals surface area contributed by atoms with Gasteiger partial charge in [0.1, 0.15) is 24.2 Å². The van der Waals surface area contributed by atoms with Gasteiger partial charge in [0.25, 0.3) is 5.91 Å². The predicted molar refractivity (Wildman–Crippen MR) is 122 cm³/mol. The monoisotopic (exact) mass is 494 g/mol. The number of amides is 4. The predicted octanol–water partition coefficient (Wildman–Crippen LogP) is -0.0860. The highest BCUT2D eigenvalue weighted by atomic mass is 19.1. The topological polar surface area (TPSA) is 165 Å². The van der Waals surface area contributed by atoms with Crippen LogP contribution in [0.4, 0.5) is 10.1 Å². The van der Waals surface area contributed by atoms with E-state index in [0.717, 1.165) is 6.07 Å². The first-order valence-electron chi connectivity index (χ1n) is 11.2. The minimum Gasteiger partial charge on any atom is -0.368 e. The maximum absolute atomic E-state index is 14.5. The first kappa shape index (κ1) is 27.9. The standard InChI is InChI=1S/C23H31FN4O7/c1-12(2)20(27-21(33)16-7-6-14(9-17(16)24)25-13(3)30)23(35)28-8-4-5-18(28)22(34)26-15(11-29)10-19(31)32/h6-7,9,11-12,15,18-20,31-32H,4-5,8,10H2,1-3H3,(H,25,30)(H,26,34)(H,27,33)/t15-,18-,20-/m0/s1. The Morgan fingerprint density at radius 1 is 1.20 bits per heavy atom. The van der Waals surface area contributed by atoms with E-state index in [2.05, 4.69) is 16.0 Å². The van der Waals surface area contributed by atoms with Crippen LogP contribution in [0.2, 0.25) is 0 Å². The molecule has 2 rings (SSSR count). The first-order chi connectivity index (χ1) is 16.4. The number of aldehydes is 1. The summed E-state index contributed by atoms with van der Waals surface area (Å²) in [7, 11) is 0. The molecule has 1 aromatic rings. The molecule has 1 aliphatic rings. The van der Waals surface area contributed by atoms with Crippen LogP contribution in [-0.4, -0.2) is 76.0 Å². The number of rotatable bonds is 10. The summed E-state index contributed by atoms with van der Waals surface area (Å²) in [6.45, 7) is 4.88. The number of aliphatic hydroxyl groups excluding tert-OH is 1. The fraction of sp³-hybridized carbons (Fsp3) is 0.522. The summed E-state index contributed by atoms with van der Waals surface area (Å²) < 4.78 is 14.5. The molecular weight excluding hydrogens is 463 g/mol. The van der Waals surface area contributed by atoms with Crippen molar-refractivity contribution in [2.24, 2.45) is 5.92 Å². The molecule has 4 amide bonds. The zero-order chi connectivity index (χ0) is 26.3.